The first-order chi connectivity index (χ1) is 8.83. The van der Waals surface area contributed by atoms with Gasteiger partial charge in [-0.3, -0.25) is 0 Å². The molecule has 90 valence electrons. The largest absolute Gasteiger partial charge is 0.494 e. The molecule has 5 nitrogen and oxygen atoms in total. The molecule has 2 aromatic rings. The van der Waals surface area contributed by atoms with Gasteiger partial charge in [-0.2, -0.15) is 10.2 Å². The van der Waals surface area contributed by atoms with E-state index in [9.17, 15) is 4.91 Å². The maximum absolute atomic E-state index is 10.5. The molecule has 0 bridgehead atoms. The van der Waals surface area contributed by atoms with Gasteiger partial charge >= 0.3 is 0 Å². The van der Waals surface area contributed by atoms with Gasteiger partial charge < -0.3 is 4.74 Å². The molecule has 0 spiro atoms. The fourth-order valence-corrected chi connectivity index (χ4v) is 1.41. The lowest BCUT2D eigenvalue weighted by Crippen LogP contribution is -1.82. The van der Waals surface area contributed by atoms with Crippen LogP contribution in [0.2, 0.25) is 0 Å². The Morgan fingerprint density at radius 1 is 0.944 bits per heavy atom. The predicted octanol–water partition coefficient (Wildman–Crippen LogP) is 4.51. The molecule has 0 aliphatic heterocycles. The molecule has 0 fully saturated rings. The van der Waals surface area contributed by atoms with Crippen molar-refractivity contribution in [1.29, 1.82) is 0 Å². The molecule has 0 unspecified atom stereocenters. The van der Waals surface area contributed by atoms with Crippen LogP contribution in [-0.4, -0.2) is 7.11 Å². The van der Waals surface area contributed by atoms with E-state index >= 15 is 0 Å². The van der Waals surface area contributed by atoms with Crippen LogP contribution >= 0.6 is 0 Å². The zero-order chi connectivity index (χ0) is 12.8. The second-order valence-electron chi connectivity index (χ2n) is 3.48. The number of hydrogen-bond acceptors (Lipinski definition) is 5. The molecule has 2 aromatic carbocycles. The van der Waals surface area contributed by atoms with E-state index in [2.05, 4.69) is 15.4 Å². The summed E-state index contributed by atoms with van der Waals surface area (Å²) in [5.41, 5.74) is 1.60. The van der Waals surface area contributed by atoms with Crippen LogP contribution in [0.15, 0.2) is 63.9 Å². The molecule has 0 aliphatic rings. The van der Waals surface area contributed by atoms with Gasteiger partial charge in [0.15, 0.2) is 0 Å². The number of benzene rings is 2. The first-order valence-corrected chi connectivity index (χ1v) is 5.31. The van der Waals surface area contributed by atoms with E-state index in [0.29, 0.717) is 11.4 Å². The van der Waals surface area contributed by atoms with Crippen molar-refractivity contribution in [1.82, 2.24) is 0 Å². The van der Waals surface area contributed by atoms with Crippen molar-refractivity contribution in [3.05, 3.63) is 53.4 Å². The highest BCUT2D eigenvalue weighted by atomic mass is 16.5. The highest BCUT2D eigenvalue weighted by molar-refractivity contribution is 5.58. The standard InChI is InChI=1S/C13H11N3O2/c1-18-13-9-11(7-8-12(13)16-17)15-14-10-5-3-2-4-6-10/h2-9H,1H3/b15-14+. The highest BCUT2D eigenvalue weighted by Gasteiger charge is 2.03. The molecule has 0 saturated heterocycles. The van der Waals surface area contributed by atoms with E-state index in [0.717, 1.165) is 5.69 Å². The zero-order valence-corrected chi connectivity index (χ0v) is 9.78. The van der Waals surface area contributed by atoms with Crippen LogP contribution in [0.1, 0.15) is 0 Å². The van der Waals surface area contributed by atoms with Crippen molar-refractivity contribution in [2.75, 3.05) is 7.11 Å². The second kappa shape index (κ2) is 5.67. The summed E-state index contributed by atoms with van der Waals surface area (Å²) >= 11 is 0. The van der Waals surface area contributed by atoms with Crippen molar-refractivity contribution < 1.29 is 4.74 Å². The lowest BCUT2D eigenvalue weighted by Gasteiger charge is -2.02. The van der Waals surface area contributed by atoms with Gasteiger partial charge in [0.25, 0.3) is 0 Å². The summed E-state index contributed by atoms with van der Waals surface area (Å²) in [7, 11) is 1.47. The Labute approximate surface area is 104 Å². The number of ether oxygens (including phenoxy) is 1. The maximum Gasteiger partial charge on any atom is 0.150 e. The third-order valence-electron chi connectivity index (χ3n) is 2.30. The van der Waals surface area contributed by atoms with Crippen molar-refractivity contribution in [3.8, 4) is 5.75 Å². The maximum atomic E-state index is 10.5. The van der Waals surface area contributed by atoms with E-state index in [1.165, 1.54) is 7.11 Å². The van der Waals surface area contributed by atoms with Gasteiger partial charge in [0.1, 0.15) is 11.4 Å². The molecule has 0 N–H and O–H groups in total. The summed E-state index contributed by atoms with van der Waals surface area (Å²) in [6, 6.07) is 14.2. The van der Waals surface area contributed by atoms with Gasteiger partial charge in [0.05, 0.1) is 18.5 Å². The fourth-order valence-electron chi connectivity index (χ4n) is 1.41. The molecule has 0 atom stereocenters. The van der Waals surface area contributed by atoms with Gasteiger partial charge in [0.2, 0.25) is 0 Å². The molecule has 0 saturated carbocycles. The topological polar surface area (TPSA) is 63.4 Å². The van der Waals surface area contributed by atoms with Crippen molar-refractivity contribution >= 4 is 17.1 Å². The molecular formula is C13H11N3O2. The first kappa shape index (κ1) is 11.9. The van der Waals surface area contributed by atoms with Crippen LogP contribution < -0.4 is 4.74 Å². The highest BCUT2D eigenvalue weighted by Crippen LogP contribution is 2.31. The monoisotopic (exact) mass is 241 g/mol. The Balaban J connectivity index is 2.25. The third kappa shape index (κ3) is 2.76. The van der Waals surface area contributed by atoms with Crippen LogP contribution in [0, 0.1) is 4.91 Å². The number of azo groups is 1. The summed E-state index contributed by atoms with van der Waals surface area (Å²) in [6.45, 7) is 0. The summed E-state index contributed by atoms with van der Waals surface area (Å²) in [5.74, 6) is 0.384. The number of nitroso groups, excluding NO2 is 1. The SMILES string of the molecule is COc1cc(/N=N/c2ccccc2)ccc1N=O. The smallest absolute Gasteiger partial charge is 0.150 e. The van der Waals surface area contributed by atoms with Gasteiger partial charge in [-0.1, -0.05) is 18.2 Å². The van der Waals surface area contributed by atoms with E-state index < -0.39 is 0 Å². The van der Waals surface area contributed by atoms with E-state index in [4.69, 9.17) is 4.74 Å². The number of rotatable bonds is 4. The van der Waals surface area contributed by atoms with Gasteiger partial charge in [-0.25, -0.2) is 0 Å². The van der Waals surface area contributed by atoms with E-state index in [1.807, 2.05) is 30.3 Å². The Morgan fingerprint density at radius 2 is 1.67 bits per heavy atom. The Hall–Kier alpha value is -2.56. The van der Waals surface area contributed by atoms with Crippen molar-refractivity contribution in [2.45, 2.75) is 0 Å². The first-order valence-electron chi connectivity index (χ1n) is 5.31. The fraction of sp³-hybridized carbons (Fsp3) is 0.0769. The molecule has 5 heteroatoms. The molecule has 0 aromatic heterocycles. The average molecular weight is 241 g/mol. The normalized spacial score (nSPS) is 10.5. The Kier molecular flexibility index (Phi) is 3.76. The minimum Gasteiger partial charge on any atom is -0.494 e. The van der Waals surface area contributed by atoms with Crippen molar-refractivity contribution in [3.63, 3.8) is 0 Å². The Bertz CT molecular complexity index is 568. The third-order valence-corrected chi connectivity index (χ3v) is 2.30. The summed E-state index contributed by atoms with van der Waals surface area (Å²) in [6.07, 6.45) is 0. The van der Waals surface area contributed by atoms with Crippen LogP contribution in [0.4, 0.5) is 17.1 Å². The lowest BCUT2D eigenvalue weighted by atomic mass is 10.2. The molecular weight excluding hydrogens is 230 g/mol. The molecule has 0 radical (unpaired) electrons. The summed E-state index contributed by atoms with van der Waals surface area (Å²) in [5, 5.41) is 11.0. The number of methoxy groups -OCH3 is 1. The van der Waals surface area contributed by atoms with Crippen LogP contribution in [0.5, 0.6) is 5.75 Å². The molecule has 0 amide bonds. The predicted molar refractivity (Wildman–Crippen MR) is 69.1 cm³/mol. The minimum atomic E-state index is 0.246. The van der Waals surface area contributed by atoms with Gasteiger partial charge in [0, 0.05) is 6.07 Å². The van der Waals surface area contributed by atoms with Gasteiger partial charge in [-0.15, -0.1) is 4.91 Å². The van der Waals surface area contributed by atoms with Crippen LogP contribution in [0.25, 0.3) is 0 Å². The quantitative estimate of drug-likeness (QED) is 0.584. The van der Waals surface area contributed by atoms with Crippen LogP contribution in [0.3, 0.4) is 0 Å². The second-order valence-corrected chi connectivity index (χ2v) is 3.48. The summed E-state index contributed by atoms with van der Waals surface area (Å²) in [4.78, 5) is 10.5. The Morgan fingerprint density at radius 3 is 2.33 bits per heavy atom. The summed E-state index contributed by atoms with van der Waals surface area (Å²) < 4.78 is 5.03. The number of hydrogen-bond donors (Lipinski definition) is 0. The average Bonchev–Trinajstić information content (AvgIpc) is 2.45. The molecule has 0 aliphatic carbocycles. The van der Waals surface area contributed by atoms with E-state index in [1.54, 1.807) is 18.2 Å². The molecule has 18 heavy (non-hydrogen) atoms. The van der Waals surface area contributed by atoms with E-state index in [-0.39, 0.29) is 5.69 Å². The van der Waals surface area contributed by atoms with Gasteiger partial charge in [-0.05, 0) is 29.4 Å². The number of nitrogens with zero attached hydrogens (tertiary/aromatic N) is 3. The minimum absolute atomic E-state index is 0.246. The zero-order valence-electron chi connectivity index (χ0n) is 9.78. The molecule has 2 rings (SSSR count). The molecule has 0 heterocycles. The van der Waals surface area contributed by atoms with Crippen molar-refractivity contribution in [2.24, 2.45) is 15.4 Å². The van der Waals surface area contributed by atoms with Crippen LogP contribution in [-0.2, 0) is 0 Å². The lowest BCUT2D eigenvalue weighted by molar-refractivity contribution is 0.416.